The lowest BCUT2D eigenvalue weighted by Gasteiger charge is -2.52. The minimum absolute atomic E-state index is 0.621. The van der Waals surface area contributed by atoms with Gasteiger partial charge >= 0.3 is 0 Å². The van der Waals surface area contributed by atoms with E-state index in [1.54, 1.807) is 0 Å². The zero-order chi connectivity index (χ0) is 12.0. The number of hydrogen-bond acceptors (Lipinski definition) is 0. The molecule has 0 bridgehead atoms. The van der Waals surface area contributed by atoms with Crippen LogP contribution in [0.25, 0.3) is 0 Å². The SMILES string of the molecule is CCC1(C)CC2CC(C)(C)CCC2CC1C. The van der Waals surface area contributed by atoms with Crippen LogP contribution in [0.3, 0.4) is 0 Å². The summed E-state index contributed by atoms with van der Waals surface area (Å²) in [7, 11) is 0. The highest BCUT2D eigenvalue weighted by atomic mass is 14.5. The van der Waals surface area contributed by atoms with Crippen LogP contribution in [0.4, 0.5) is 0 Å². The second-order valence-corrected chi connectivity index (χ2v) is 7.78. The maximum atomic E-state index is 2.54. The Kier molecular flexibility index (Phi) is 3.14. The zero-order valence-corrected chi connectivity index (χ0v) is 12.0. The highest BCUT2D eigenvalue weighted by Gasteiger charge is 2.45. The monoisotopic (exact) mass is 222 g/mol. The van der Waals surface area contributed by atoms with Gasteiger partial charge in [0.05, 0.1) is 0 Å². The molecule has 0 amide bonds. The lowest BCUT2D eigenvalue weighted by atomic mass is 9.53. The Morgan fingerprint density at radius 1 is 1.06 bits per heavy atom. The van der Waals surface area contributed by atoms with E-state index in [4.69, 9.17) is 0 Å². The molecule has 0 saturated heterocycles. The highest BCUT2D eigenvalue weighted by Crippen LogP contribution is 2.55. The van der Waals surface area contributed by atoms with Gasteiger partial charge in [-0.2, -0.15) is 0 Å². The van der Waals surface area contributed by atoms with E-state index in [-0.39, 0.29) is 0 Å². The molecule has 2 fully saturated rings. The topological polar surface area (TPSA) is 0 Å². The second-order valence-electron chi connectivity index (χ2n) is 7.78. The molecule has 0 heteroatoms. The molecular weight excluding hydrogens is 192 g/mol. The molecule has 0 radical (unpaired) electrons. The number of rotatable bonds is 1. The lowest BCUT2D eigenvalue weighted by Crippen LogP contribution is -2.42. The van der Waals surface area contributed by atoms with Crippen molar-refractivity contribution in [1.82, 2.24) is 0 Å². The van der Waals surface area contributed by atoms with Gasteiger partial charge in [-0.3, -0.25) is 0 Å². The third-order valence-electron chi connectivity index (χ3n) is 6.06. The first kappa shape index (κ1) is 12.5. The Hall–Kier alpha value is 0. The van der Waals surface area contributed by atoms with E-state index < -0.39 is 0 Å². The Bertz CT molecular complexity index is 253. The molecule has 2 aliphatic rings. The van der Waals surface area contributed by atoms with Gasteiger partial charge in [-0.25, -0.2) is 0 Å². The Morgan fingerprint density at radius 3 is 2.38 bits per heavy atom. The van der Waals surface area contributed by atoms with Crippen LogP contribution in [0.15, 0.2) is 0 Å². The number of hydrogen-bond donors (Lipinski definition) is 0. The Balaban J connectivity index is 2.10. The first-order valence-electron chi connectivity index (χ1n) is 7.36. The van der Waals surface area contributed by atoms with Crippen molar-refractivity contribution in [2.75, 3.05) is 0 Å². The summed E-state index contributed by atoms with van der Waals surface area (Å²) in [6.07, 6.45) is 8.83. The predicted octanol–water partition coefficient (Wildman–Crippen LogP) is 5.28. The van der Waals surface area contributed by atoms with Crippen molar-refractivity contribution in [3.8, 4) is 0 Å². The summed E-state index contributed by atoms with van der Waals surface area (Å²) >= 11 is 0. The molecule has 2 aliphatic carbocycles. The normalized spacial score (nSPS) is 47.4. The van der Waals surface area contributed by atoms with Crippen molar-refractivity contribution >= 4 is 0 Å². The smallest absolute Gasteiger partial charge is 0.0300 e. The third-order valence-corrected chi connectivity index (χ3v) is 6.06. The maximum absolute atomic E-state index is 2.54. The van der Waals surface area contributed by atoms with Crippen LogP contribution in [-0.4, -0.2) is 0 Å². The van der Waals surface area contributed by atoms with Gasteiger partial charge in [-0.05, 0) is 60.7 Å². The van der Waals surface area contributed by atoms with E-state index in [2.05, 4.69) is 34.6 Å². The van der Waals surface area contributed by atoms with Gasteiger partial charge in [0.2, 0.25) is 0 Å². The zero-order valence-electron chi connectivity index (χ0n) is 12.0. The summed E-state index contributed by atoms with van der Waals surface area (Å²) in [6.45, 7) is 12.4. The van der Waals surface area contributed by atoms with Crippen molar-refractivity contribution in [3.63, 3.8) is 0 Å². The molecule has 4 atom stereocenters. The summed E-state index contributed by atoms with van der Waals surface area (Å²) in [5, 5.41) is 0. The molecule has 2 saturated carbocycles. The molecule has 94 valence electrons. The molecule has 0 heterocycles. The molecule has 2 rings (SSSR count). The van der Waals surface area contributed by atoms with Gasteiger partial charge in [0.15, 0.2) is 0 Å². The van der Waals surface area contributed by atoms with Gasteiger partial charge in [0, 0.05) is 0 Å². The fourth-order valence-electron chi connectivity index (χ4n) is 4.37. The third kappa shape index (κ3) is 2.17. The van der Waals surface area contributed by atoms with Crippen molar-refractivity contribution in [3.05, 3.63) is 0 Å². The van der Waals surface area contributed by atoms with Crippen molar-refractivity contribution in [2.24, 2.45) is 28.6 Å². The summed E-state index contributed by atoms with van der Waals surface area (Å²) in [6, 6.07) is 0. The first-order valence-corrected chi connectivity index (χ1v) is 7.36. The summed E-state index contributed by atoms with van der Waals surface area (Å²) in [4.78, 5) is 0. The molecule has 0 spiro atoms. The molecule has 0 aromatic rings. The predicted molar refractivity (Wildman–Crippen MR) is 71.4 cm³/mol. The Morgan fingerprint density at radius 2 is 1.75 bits per heavy atom. The van der Waals surface area contributed by atoms with Crippen LogP contribution in [0.2, 0.25) is 0 Å². The summed E-state index contributed by atoms with van der Waals surface area (Å²) in [5.74, 6) is 3.03. The highest BCUT2D eigenvalue weighted by molar-refractivity contribution is 4.95. The lowest BCUT2D eigenvalue weighted by molar-refractivity contribution is -0.0142. The standard InChI is InChI=1S/C16H30/c1-6-16(5)11-14-10-15(3,4)8-7-13(14)9-12(16)2/h12-14H,6-11H2,1-5H3. The fraction of sp³-hybridized carbons (Fsp3) is 1.00. The first-order chi connectivity index (χ1) is 7.36. The van der Waals surface area contributed by atoms with Crippen LogP contribution in [0.1, 0.15) is 73.1 Å². The largest absolute Gasteiger partial charge is 0.0649 e. The van der Waals surface area contributed by atoms with E-state index in [1.807, 2.05) is 0 Å². The average Bonchev–Trinajstić information content (AvgIpc) is 2.20. The maximum Gasteiger partial charge on any atom is -0.0300 e. The van der Waals surface area contributed by atoms with Crippen LogP contribution in [-0.2, 0) is 0 Å². The average molecular weight is 222 g/mol. The van der Waals surface area contributed by atoms with Gasteiger partial charge in [0.1, 0.15) is 0 Å². The molecule has 0 aliphatic heterocycles. The number of fused-ring (bicyclic) bond motifs is 1. The van der Waals surface area contributed by atoms with Crippen LogP contribution >= 0.6 is 0 Å². The van der Waals surface area contributed by atoms with Crippen LogP contribution < -0.4 is 0 Å². The van der Waals surface area contributed by atoms with Crippen molar-refractivity contribution in [2.45, 2.75) is 73.1 Å². The minimum Gasteiger partial charge on any atom is -0.0649 e. The van der Waals surface area contributed by atoms with E-state index in [9.17, 15) is 0 Å². The minimum atomic E-state index is 0.621. The van der Waals surface area contributed by atoms with Crippen LogP contribution in [0, 0.1) is 28.6 Å². The quantitative estimate of drug-likeness (QED) is 0.566. The van der Waals surface area contributed by atoms with Crippen LogP contribution in [0.5, 0.6) is 0 Å². The molecule has 0 aromatic heterocycles. The van der Waals surface area contributed by atoms with Crippen molar-refractivity contribution in [1.29, 1.82) is 0 Å². The second kappa shape index (κ2) is 4.03. The molecule has 16 heavy (non-hydrogen) atoms. The summed E-state index contributed by atoms with van der Waals surface area (Å²) < 4.78 is 0. The van der Waals surface area contributed by atoms with Gasteiger partial charge in [-0.15, -0.1) is 0 Å². The van der Waals surface area contributed by atoms with Gasteiger partial charge < -0.3 is 0 Å². The molecule has 4 unspecified atom stereocenters. The van der Waals surface area contributed by atoms with Gasteiger partial charge in [0.25, 0.3) is 0 Å². The van der Waals surface area contributed by atoms with E-state index >= 15 is 0 Å². The van der Waals surface area contributed by atoms with E-state index in [0.717, 1.165) is 17.8 Å². The van der Waals surface area contributed by atoms with Crippen molar-refractivity contribution < 1.29 is 0 Å². The van der Waals surface area contributed by atoms with E-state index in [1.165, 1.54) is 38.5 Å². The van der Waals surface area contributed by atoms with Gasteiger partial charge in [-0.1, -0.05) is 41.0 Å². The molecule has 0 nitrogen and oxygen atoms in total. The molecular formula is C16H30. The van der Waals surface area contributed by atoms with E-state index in [0.29, 0.717) is 10.8 Å². The Labute approximate surface area is 102 Å². The summed E-state index contributed by atoms with van der Waals surface area (Å²) in [5.41, 5.74) is 1.25. The fourth-order valence-corrected chi connectivity index (χ4v) is 4.37. The molecule has 0 aromatic carbocycles. The molecule has 0 N–H and O–H groups in total.